The number of imidazole rings is 1. The van der Waals surface area contributed by atoms with E-state index < -0.39 is 11.9 Å². The van der Waals surface area contributed by atoms with Gasteiger partial charge in [0.15, 0.2) is 5.69 Å². The van der Waals surface area contributed by atoms with Crippen molar-refractivity contribution in [3.8, 4) is 0 Å². The molecule has 0 bridgehead atoms. The largest absolute Gasteiger partial charge is 0.433 e. The maximum absolute atomic E-state index is 13.2. The second-order valence-corrected chi connectivity index (χ2v) is 6.05. The van der Waals surface area contributed by atoms with Gasteiger partial charge in [0.05, 0.1) is 6.33 Å². The zero-order valence-corrected chi connectivity index (χ0v) is 13.5. The van der Waals surface area contributed by atoms with E-state index in [0.717, 1.165) is 18.9 Å². The average Bonchev–Trinajstić information content (AvgIpc) is 3.18. The van der Waals surface area contributed by atoms with Crippen LogP contribution in [0, 0.1) is 0 Å². The molecule has 0 radical (unpaired) electrons. The van der Waals surface area contributed by atoms with Crippen molar-refractivity contribution in [3.63, 3.8) is 0 Å². The highest BCUT2D eigenvalue weighted by molar-refractivity contribution is 5.46. The summed E-state index contributed by atoms with van der Waals surface area (Å²) >= 11 is 0. The number of rotatable bonds is 4. The minimum absolute atomic E-state index is 0.0534. The molecule has 1 fully saturated rings. The number of halogens is 3. The third-order valence-electron chi connectivity index (χ3n) is 4.06. The third kappa shape index (κ3) is 3.44. The highest BCUT2D eigenvalue weighted by Gasteiger charge is 2.36. The molecule has 0 aromatic carbocycles. The zero-order chi connectivity index (χ0) is 17.3. The summed E-state index contributed by atoms with van der Waals surface area (Å²) in [5, 5.41) is 0. The van der Waals surface area contributed by atoms with Crippen LogP contribution < -0.4 is 9.80 Å². The summed E-state index contributed by atoms with van der Waals surface area (Å²) in [6, 6.07) is 1.03. The third-order valence-corrected chi connectivity index (χ3v) is 4.06. The topological polar surface area (TPSA) is 50.1 Å². The van der Waals surface area contributed by atoms with Crippen LogP contribution in [0.1, 0.15) is 18.5 Å². The fourth-order valence-corrected chi connectivity index (χ4v) is 2.85. The molecular formula is C15H19F3N6. The Morgan fingerprint density at radius 2 is 2.08 bits per heavy atom. The van der Waals surface area contributed by atoms with E-state index in [4.69, 9.17) is 0 Å². The summed E-state index contributed by atoms with van der Waals surface area (Å²) in [6.45, 7) is 1.30. The molecule has 9 heteroatoms. The number of alkyl halides is 3. The van der Waals surface area contributed by atoms with Crippen LogP contribution in [0.4, 0.5) is 24.9 Å². The molecule has 1 unspecified atom stereocenters. The van der Waals surface area contributed by atoms with Gasteiger partial charge in [-0.15, -0.1) is 0 Å². The van der Waals surface area contributed by atoms with Crippen LogP contribution >= 0.6 is 0 Å². The van der Waals surface area contributed by atoms with Crippen molar-refractivity contribution in [2.45, 2.75) is 31.6 Å². The van der Waals surface area contributed by atoms with Gasteiger partial charge in [-0.1, -0.05) is 0 Å². The SMILES string of the molecule is CN(C)c1cc(C(F)(F)F)nc(N2CCCC2Cn2ccnc2)n1. The molecule has 3 heterocycles. The van der Waals surface area contributed by atoms with Crippen LogP contribution in [0.2, 0.25) is 0 Å². The average molecular weight is 340 g/mol. The van der Waals surface area contributed by atoms with Gasteiger partial charge in [-0.05, 0) is 12.8 Å². The molecule has 3 rings (SSSR count). The van der Waals surface area contributed by atoms with Gasteiger partial charge in [0, 0.05) is 51.7 Å². The minimum atomic E-state index is -4.50. The Morgan fingerprint density at radius 3 is 2.71 bits per heavy atom. The molecule has 24 heavy (non-hydrogen) atoms. The van der Waals surface area contributed by atoms with Gasteiger partial charge in [0.2, 0.25) is 5.95 Å². The molecule has 0 N–H and O–H groups in total. The molecule has 2 aromatic heterocycles. The van der Waals surface area contributed by atoms with Gasteiger partial charge < -0.3 is 14.4 Å². The molecule has 0 amide bonds. The molecule has 6 nitrogen and oxygen atoms in total. The Kier molecular flexibility index (Phi) is 4.33. The molecule has 130 valence electrons. The van der Waals surface area contributed by atoms with Crippen LogP contribution in [0.25, 0.3) is 0 Å². The van der Waals surface area contributed by atoms with Gasteiger partial charge in [-0.25, -0.2) is 9.97 Å². The van der Waals surface area contributed by atoms with Crippen LogP contribution in [0.15, 0.2) is 24.8 Å². The Balaban J connectivity index is 1.93. The molecule has 1 aliphatic rings. The first kappa shape index (κ1) is 16.5. The predicted molar refractivity (Wildman–Crippen MR) is 84.0 cm³/mol. The van der Waals surface area contributed by atoms with Crippen molar-refractivity contribution in [2.75, 3.05) is 30.4 Å². The Hall–Kier alpha value is -2.32. The standard InChI is InChI=1S/C15H19F3N6/c1-22(2)13-8-12(15(16,17)18)20-14(21-13)24-6-3-4-11(24)9-23-7-5-19-10-23/h5,7-8,10-11H,3-4,6,9H2,1-2H3. The number of hydrogen-bond donors (Lipinski definition) is 0. The first-order valence-corrected chi connectivity index (χ1v) is 7.70. The highest BCUT2D eigenvalue weighted by Crippen LogP contribution is 2.32. The van der Waals surface area contributed by atoms with Crippen LogP contribution in [0.5, 0.6) is 0 Å². The Labute approximate surface area is 137 Å². The van der Waals surface area contributed by atoms with Crippen LogP contribution in [0.3, 0.4) is 0 Å². The second kappa shape index (κ2) is 6.29. The van der Waals surface area contributed by atoms with Gasteiger partial charge >= 0.3 is 6.18 Å². The van der Waals surface area contributed by atoms with Crippen LogP contribution in [-0.2, 0) is 12.7 Å². The lowest BCUT2D eigenvalue weighted by molar-refractivity contribution is -0.141. The monoisotopic (exact) mass is 340 g/mol. The van der Waals surface area contributed by atoms with Crippen LogP contribution in [-0.4, -0.2) is 46.2 Å². The van der Waals surface area contributed by atoms with E-state index in [1.54, 1.807) is 31.5 Å². The van der Waals surface area contributed by atoms with Crippen molar-refractivity contribution in [2.24, 2.45) is 0 Å². The van der Waals surface area contributed by atoms with Crippen molar-refractivity contribution in [1.82, 2.24) is 19.5 Å². The summed E-state index contributed by atoms with van der Waals surface area (Å²) in [4.78, 5) is 15.5. The first-order valence-electron chi connectivity index (χ1n) is 7.70. The molecule has 0 aliphatic carbocycles. The highest BCUT2D eigenvalue weighted by atomic mass is 19.4. The smallest absolute Gasteiger partial charge is 0.363 e. The summed E-state index contributed by atoms with van der Waals surface area (Å²) in [6.07, 6.45) is 2.51. The van der Waals surface area contributed by atoms with Gasteiger partial charge in [-0.3, -0.25) is 0 Å². The maximum atomic E-state index is 13.2. The molecule has 0 saturated carbocycles. The Bertz CT molecular complexity index is 683. The second-order valence-electron chi connectivity index (χ2n) is 6.05. The number of hydrogen-bond acceptors (Lipinski definition) is 5. The normalized spacial score (nSPS) is 18.2. The predicted octanol–water partition coefficient (Wildman–Crippen LogP) is 2.43. The van der Waals surface area contributed by atoms with E-state index in [9.17, 15) is 13.2 Å². The van der Waals surface area contributed by atoms with E-state index in [-0.39, 0.29) is 17.8 Å². The summed E-state index contributed by atoms with van der Waals surface area (Å²) in [7, 11) is 3.33. The van der Waals surface area contributed by atoms with E-state index >= 15 is 0 Å². The summed E-state index contributed by atoms with van der Waals surface area (Å²) in [5.41, 5.74) is -0.913. The molecule has 1 aliphatic heterocycles. The molecule has 0 spiro atoms. The number of nitrogens with zero attached hydrogens (tertiary/aromatic N) is 6. The summed E-state index contributed by atoms with van der Waals surface area (Å²) in [5.74, 6) is 0.386. The Morgan fingerprint density at radius 1 is 1.29 bits per heavy atom. The van der Waals surface area contributed by atoms with Gasteiger partial charge in [0.25, 0.3) is 0 Å². The van der Waals surface area contributed by atoms with E-state index in [1.165, 1.54) is 0 Å². The first-order chi connectivity index (χ1) is 11.3. The van der Waals surface area contributed by atoms with E-state index in [0.29, 0.717) is 13.1 Å². The summed E-state index contributed by atoms with van der Waals surface area (Å²) < 4.78 is 41.4. The lowest BCUT2D eigenvalue weighted by Crippen LogP contribution is -2.35. The fraction of sp³-hybridized carbons (Fsp3) is 0.533. The van der Waals surface area contributed by atoms with E-state index in [1.807, 2.05) is 15.7 Å². The number of anilines is 2. The van der Waals surface area contributed by atoms with Crippen molar-refractivity contribution in [1.29, 1.82) is 0 Å². The fourth-order valence-electron chi connectivity index (χ4n) is 2.85. The van der Waals surface area contributed by atoms with E-state index in [2.05, 4.69) is 15.0 Å². The zero-order valence-electron chi connectivity index (χ0n) is 13.5. The van der Waals surface area contributed by atoms with Gasteiger partial charge in [0.1, 0.15) is 5.82 Å². The molecule has 1 saturated heterocycles. The van der Waals surface area contributed by atoms with Gasteiger partial charge in [-0.2, -0.15) is 18.2 Å². The quantitative estimate of drug-likeness (QED) is 0.856. The lowest BCUT2D eigenvalue weighted by atomic mass is 10.2. The minimum Gasteiger partial charge on any atom is -0.363 e. The maximum Gasteiger partial charge on any atom is 0.433 e. The molecule has 2 aromatic rings. The van der Waals surface area contributed by atoms with Crippen molar-refractivity contribution >= 4 is 11.8 Å². The number of aromatic nitrogens is 4. The van der Waals surface area contributed by atoms with Crippen molar-refractivity contribution in [3.05, 3.63) is 30.5 Å². The molecule has 1 atom stereocenters. The van der Waals surface area contributed by atoms with Crippen molar-refractivity contribution < 1.29 is 13.2 Å². The lowest BCUT2D eigenvalue weighted by Gasteiger charge is -2.26. The molecular weight excluding hydrogens is 321 g/mol.